The van der Waals surface area contributed by atoms with Crippen molar-refractivity contribution in [1.29, 1.82) is 0 Å². The van der Waals surface area contributed by atoms with Crippen molar-refractivity contribution in [3.8, 4) is 23.0 Å². The molecule has 9 nitrogen and oxygen atoms in total. The average molecular weight is 551 g/mol. The smallest absolute Gasteiger partial charge is 0.294 e. The van der Waals surface area contributed by atoms with Gasteiger partial charge in [-0.2, -0.15) is 0 Å². The van der Waals surface area contributed by atoms with Crippen LogP contribution in [0.3, 0.4) is 0 Å². The van der Waals surface area contributed by atoms with Crippen LogP contribution in [0.1, 0.15) is 11.1 Å². The largest absolute Gasteiger partial charge is 0.493 e. The summed E-state index contributed by atoms with van der Waals surface area (Å²) in [5.74, 6) is 0.546. The fourth-order valence-electron chi connectivity index (χ4n) is 3.89. The van der Waals surface area contributed by atoms with Gasteiger partial charge in [0.1, 0.15) is 32.2 Å². The van der Waals surface area contributed by atoms with E-state index in [1.165, 1.54) is 19.2 Å². The van der Waals surface area contributed by atoms with Crippen molar-refractivity contribution in [3.63, 3.8) is 0 Å². The van der Waals surface area contributed by atoms with E-state index in [2.05, 4.69) is 5.32 Å². The number of ether oxygens (including phenoxy) is 4. The average Bonchev–Trinajstić information content (AvgIpc) is 3.20. The molecular weight excluding hydrogens is 527 g/mol. The van der Waals surface area contributed by atoms with E-state index in [0.29, 0.717) is 47.5 Å². The zero-order chi connectivity index (χ0) is 27.4. The summed E-state index contributed by atoms with van der Waals surface area (Å²) in [6.07, 6.45) is 1.55. The van der Waals surface area contributed by atoms with E-state index in [1.807, 2.05) is 0 Å². The number of amides is 3. The van der Waals surface area contributed by atoms with Crippen molar-refractivity contribution in [3.05, 3.63) is 82.5 Å². The van der Waals surface area contributed by atoms with Gasteiger partial charge in [0.15, 0.2) is 23.0 Å². The number of halogens is 1. The Balaban J connectivity index is 1.22. The van der Waals surface area contributed by atoms with Gasteiger partial charge in [-0.25, -0.2) is 4.39 Å². The van der Waals surface area contributed by atoms with Gasteiger partial charge < -0.3 is 24.3 Å². The first-order valence-electron chi connectivity index (χ1n) is 11.9. The van der Waals surface area contributed by atoms with Crippen molar-refractivity contribution < 1.29 is 37.7 Å². The summed E-state index contributed by atoms with van der Waals surface area (Å²) >= 11 is 0.749. The van der Waals surface area contributed by atoms with Crippen LogP contribution in [0.2, 0.25) is 0 Å². The highest BCUT2D eigenvalue weighted by Gasteiger charge is 2.36. The molecule has 200 valence electrons. The van der Waals surface area contributed by atoms with E-state index in [-0.39, 0.29) is 17.3 Å². The van der Waals surface area contributed by atoms with Crippen LogP contribution >= 0.6 is 11.8 Å². The number of nitrogens with zero attached hydrogens (tertiary/aromatic N) is 1. The van der Waals surface area contributed by atoms with Crippen LogP contribution in [-0.2, 0) is 16.2 Å². The number of carbonyl (C=O) groups excluding carboxylic acids is 3. The number of fused-ring (bicyclic) bond motifs is 1. The van der Waals surface area contributed by atoms with Crippen molar-refractivity contribution in [2.45, 2.75) is 6.61 Å². The normalized spacial score (nSPS) is 15.4. The second kappa shape index (κ2) is 11.5. The van der Waals surface area contributed by atoms with Crippen molar-refractivity contribution in [2.24, 2.45) is 0 Å². The molecule has 1 N–H and O–H groups in total. The van der Waals surface area contributed by atoms with Gasteiger partial charge >= 0.3 is 0 Å². The summed E-state index contributed by atoms with van der Waals surface area (Å²) in [6, 6.07) is 16.0. The van der Waals surface area contributed by atoms with Crippen molar-refractivity contribution in [1.82, 2.24) is 4.90 Å². The third-order valence-corrected chi connectivity index (χ3v) is 6.70. The third kappa shape index (κ3) is 6.15. The Morgan fingerprint density at radius 3 is 2.56 bits per heavy atom. The first kappa shape index (κ1) is 26.1. The number of imide groups is 1. The molecular formula is C28H23FN2O7S. The summed E-state index contributed by atoms with van der Waals surface area (Å²) in [7, 11) is 1.48. The van der Waals surface area contributed by atoms with Crippen LogP contribution in [0.25, 0.3) is 6.08 Å². The molecule has 0 aromatic heterocycles. The number of carbonyl (C=O) groups is 3. The minimum absolute atomic E-state index is 0.175. The summed E-state index contributed by atoms with van der Waals surface area (Å²) in [5, 5.41) is 2.13. The number of thioether (sulfide) groups is 1. The van der Waals surface area contributed by atoms with Crippen LogP contribution in [0.4, 0.5) is 14.9 Å². The van der Waals surface area contributed by atoms with Gasteiger partial charge in [0.2, 0.25) is 5.91 Å². The minimum atomic E-state index is -0.571. The lowest BCUT2D eigenvalue weighted by atomic mass is 10.1. The van der Waals surface area contributed by atoms with Crippen LogP contribution in [0, 0.1) is 5.82 Å². The first-order chi connectivity index (χ1) is 18.9. The predicted octanol–water partition coefficient (Wildman–Crippen LogP) is 4.86. The number of rotatable bonds is 8. The molecule has 0 spiro atoms. The van der Waals surface area contributed by atoms with Crippen molar-refractivity contribution in [2.75, 3.05) is 32.2 Å². The molecule has 39 heavy (non-hydrogen) atoms. The second-order valence-electron chi connectivity index (χ2n) is 8.50. The van der Waals surface area contributed by atoms with E-state index in [4.69, 9.17) is 18.9 Å². The van der Waals surface area contributed by atoms with Crippen LogP contribution in [0.15, 0.2) is 65.6 Å². The third-order valence-electron chi connectivity index (χ3n) is 5.79. The SMILES string of the molecule is COc1cc(/C=C2\SC(=O)N(CC(=O)Nc3ccc4c(c3)OCCO4)C2=O)ccc1OCc1ccc(F)cc1. The van der Waals surface area contributed by atoms with E-state index in [0.717, 1.165) is 22.2 Å². The Hall–Kier alpha value is -4.51. The topological polar surface area (TPSA) is 103 Å². The summed E-state index contributed by atoms with van der Waals surface area (Å²) in [5.41, 5.74) is 1.85. The molecule has 5 rings (SSSR count). The van der Waals surface area contributed by atoms with Crippen LogP contribution in [0.5, 0.6) is 23.0 Å². The molecule has 1 fully saturated rings. The molecule has 2 aliphatic heterocycles. The fourth-order valence-corrected chi connectivity index (χ4v) is 4.73. The monoisotopic (exact) mass is 550 g/mol. The Morgan fingerprint density at radius 2 is 1.79 bits per heavy atom. The minimum Gasteiger partial charge on any atom is -0.493 e. The standard InChI is InChI=1S/C28H23FN2O7S/c1-35-23-12-18(4-8-21(23)38-16-17-2-5-19(29)6-3-17)13-25-27(33)31(28(34)39-25)15-26(32)30-20-7-9-22-24(14-20)37-11-10-36-22/h2-9,12-14H,10-11,15-16H2,1H3,(H,30,32)/b25-13-. The van der Waals surface area contributed by atoms with Gasteiger partial charge in [-0.1, -0.05) is 18.2 Å². The maximum atomic E-state index is 13.1. The lowest BCUT2D eigenvalue weighted by Crippen LogP contribution is -2.36. The second-order valence-corrected chi connectivity index (χ2v) is 9.49. The number of anilines is 1. The van der Waals surface area contributed by atoms with E-state index >= 15 is 0 Å². The predicted molar refractivity (Wildman–Crippen MR) is 142 cm³/mol. The molecule has 0 saturated carbocycles. The summed E-state index contributed by atoms with van der Waals surface area (Å²) in [6.45, 7) is 0.637. The molecule has 2 heterocycles. The van der Waals surface area contributed by atoms with Gasteiger partial charge in [0, 0.05) is 11.8 Å². The molecule has 3 aromatic carbocycles. The number of hydrogen-bond donors (Lipinski definition) is 1. The van der Waals surface area contributed by atoms with Crippen LogP contribution in [-0.4, -0.2) is 48.8 Å². The van der Waals surface area contributed by atoms with Gasteiger partial charge in [0.05, 0.1) is 12.0 Å². The number of methoxy groups -OCH3 is 1. The molecule has 0 aliphatic carbocycles. The molecule has 11 heteroatoms. The van der Waals surface area contributed by atoms with E-state index in [1.54, 1.807) is 54.6 Å². The maximum absolute atomic E-state index is 13.1. The number of hydrogen-bond acceptors (Lipinski definition) is 8. The number of benzene rings is 3. The molecule has 0 radical (unpaired) electrons. The van der Waals surface area contributed by atoms with Crippen LogP contribution < -0.4 is 24.3 Å². The Kier molecular flexibility index (Phi) is 7.69. The summed E-state index contributed by atoms with van der Waals surface area (Å²) in [4.78, 5) is 39.1. The number of nitrogens with one attached hydrogen (secondary N) is 1. The molecule has 2 aliphatic rings. The van der Waals surface area contributed by atoms with Gasteiger partial charge in [-0.15, -0.1) is 0 Å². The Bertz CT molecular complexity index is 1460. The molecule has 0 atom stereocenters. The zero-order valence-electron chi connectivity index (χ0n) is 20.8. The van der Waals surface area contributed by atoms with E-state index in [9.17, 15) is 18.8 Å². The molecule has 0 bridgehead atoms. The Labute approximate surface area is 227 Å². The van der Waals surface area contributed by atoms with Crippen molar-refractivity contribution >= 4 is 40.6 Å². The molecule has 3 amide bonds. The van der Waals surface area contributed by atoms with E-state index < -0.39 is 23.6 Å². The quantitative estimate of drug-likeness (QED) is 0.397. The van der Waals surface area contributed by atoms with Gasteiger partial charge in [-0.3, -0.25) is 19.3 Å². The molecule has 3 aromatic rings. The zero-order valence-corrected chi connectivity index (χ0v) is 21.6. The highest BCUT2D eigenvalue weighted by Crippen LogP contribution is 2.35. The lowest BCUT2D eigenvalue weighted by Gasteiger charge is -2.19. The van der Waals surface area contributed by atoms with Gasteiger partial charge in [0.25, 0.3) is 11.1 Å². The Morgan fingerprint density at radius 1 is 1.03 bits per heavy atom. The fraction of sp³-hybridized carbons (Fsp3) is 0.179. The highest BCUT2D eigenvalue weighted by molar-refractivity contribution is 8.18. The maximum Gasteiger partial charge on any atom is 0.294 e. The lowest BCUT2D eigenvalue weighted by molar-refractivity contribution is -0.127. The molecule has 1 saturated heterocycles. The summed E-state index contributed by atoms with van der Waals surface area (Å²) < 4.78 is 35.3. The highest BCUT2D eigenvalue weighted by atomic mass is 32.2. The first-order valence-corrected chi connectivity index (χ1v) is 12.7. The molecule has 0 unspecified atom stereocenters. The van der Waals surface area contributed by atoms with Gasteiger partial charge in [-0.05, 0) is 65.4 Å².